The van der Waals surface area contributed by atoms with E-state index >= 15 is 0 Å². The van der Waals surface area contributed by atoms with Gasteiger partial charge in [0.15, 0.2) is 10.1 Å². The highest BCUT2D eigenvalue weighted by Crippen LogP contribution is 2.24. The molecule has 0 bridgehead atoms. The lowest BCUT2D eigenvalue weighted by Gasteiger charge is -2.17. The third kappa shape index (κ3) is 5.58. The Kier molecular flexibility index (Phi) is 7.06. The Morgan fingerprint density at radius 3 is 2.39 bits per heavy atom. The Hall–Kier alpha value is -2.82. The molecule has 172 valence electrons. The first kappa shape index (κ1) is 23.3. The highest BCUT2D eigenvalue weighted by molar-refractivity contribution is 7.99. The molecule has 11 heteroatoms. The van der Waals surface area contributed by atoms with Gasteiger partial charge in [-0.15, -0.1) is 0 Å². The van der Waals surface area contributed by atoms with Crippen LogP contribution in [0.1, 0.15) is 12.8 Å². The summed E-state index contributed by atoms with van der Waals surface area (Å²) in [7, 11) is -4.03. The Bertz CT molecular complexity index is 1300. The molecule has 1 amide bonds. The third-order valence-corrected chi connectivity index (χ3v) is 8.02. The Morgan fingerprint density at radius 2 is 1.76 bits per heavy atom. The van der Waals surface area contributed by atoms with E-state index in [0.717, 1.165) is 49.6 Å². The normalized spacial score (nSPS) is 13.8. The van der Waals surface area contributed by atoms with E-state index in [1.165, 1.54) is 12.1 Å². The summed E-state index contributed by atoms with van der Waals surface area (Å²) < 4.78 is 25.9. The molecule has 1 aliphatic rings. The molecular weight excluding hydrogens is 484 g/mol. The second kappa shape index (κ2) is 9.98. The number of rotatable bonds is 7. The maximum absolute atomic E-state index is 12.9. The largest absolute Gasteiger partial charge is 0.372 e. The third-order valence-electron chi connectivity index (χ3n) is 5.12. The van der Waals surface area contributed by atoms with Gasteiger partial charge in [0.2, 0.25) is 15.7 Å². The number of benzene rings is 2. The lowest BCUT2D eigenvalue weighted by Crippen LogP contribution is -2.20. The summed E-state index contributed by atoms with van der Waals surface area (Å²) in [5.74, 6) is -0.324. The molecule has 4 rings (SSSR count). The Balaban J connectivity index is 1.42. The van der Waals surface area contributed by atoms with Gasteiger partial charge in [-0.3, -0.25) is 9.59 Å². The van der Waals surface area contributed by atoms with E-state index in [1.54, 1.807) is 36.4 Å². The fourth-order valence-electron chi connectivity index (χ4n) is 3.43. The second-order valence-electron chi connectivity index (χ2n) is 7.42. The van der Waals surface area contributed by atoms with Crippen LogP contribution in [0.2, 0.25) is 5.02 Å². The lowest BCUT2D eigenvalue weighted by molar-refractivity contribution is -0.113. The van der Waals surface area contributed by atoms with Crippen molar-refractivity contribution in [3.63, 3.8) is 0 Å². The predicted molar refractivity (Wildman–Crippen MR) is 129 cm³/mol. The van der Waals surface area contributed by atoms with Crippen molar-refractivity contribution in [3.05, 3.63) is 70.1 Å². The fourth-order valence-corrected chi connectivity index (χ4v) is 5.43. The molecular formula is C22H21ClN4O4S2. The minimum absolute atomic E-state index is 0.0182. The lowest BCUT2D eigenvalue weighted by atomic mass is 10.3. The van der Waals surface area contributed by atoms with E-state index in [-0.39, 0.29) is 21.7 Å². The Morgan fingerprint density at radius 1 is 1.09 bits per heavy atom. The smallest absolute Gasteiger partial charge is 0.270 e. The maximum atomic E-state index is 12.9. The van der Waals surface area contributed by atoms with Crippen molar-refractivity contribution in [3.8, 4) is 0 Å². The van der Waals surface area contributed by atoms with E-state index in [0.29, 0.717) is 10.7 Å². The van der Waals surface area contributed by atoms with Gasteiger partial charge in [-0.05, 0) is 61.4 Å². The summed E-state index contributed by atoms with van der Waals surface area (Å²) >= 11 is 6.81. The van der Waals surface area contributed by atoms with Crippen molar-refractivity contribution >= 4 is 50.5 Å². The van der Waals surface area contributed by atoms with Gasteiger partial charge >= 0.3 is 0 Å². The van der Waals surface area contributed by atoms with Crippen LogP contribution < -0.4 is 15.8 Å². The number of thioether (sulfide) groups is 1. The number of hydrogen-bond acceptors (Lipinski definition) is 7. The van der Waals surface area contributed by atoms with Crippen LogP contribution in [0.3, 0.4) is 0 Å². The van der Waals surface area contributed by atoms with Crippen molar-refractivity contribution in [1.29, 1.82) is 0 Å². The number of aromatic amines is 1. The van der Waals surface area contributed by atoms with Crippen LogP contribution in [0.4, 0.5) is 11.4 Å². The summed E-state index contributed by atoms with van der Waals surface area (Å²) in [5.41, 5.74) is 0.764. The van der Waals surface area contributed by atoms with Gasteiger partial charge < -0.3 is 15.2 Å². The van der Waals surface area contributed by atoms with E-state index in [9.17, 15) is 18.0 Å². The van der Waals surface area contributed by atoms with Crippen LogP contribution in [0, 0.1) is 0 Å². The van der Waals surface area contributed by atoms with Crippen molar-refractivity contribution < 1.29 is 13.2 Å². The number of anilines is 2. The van der Waals surface area contributed by atoms with Crippen molar-refractivity contribution in [1.82, 2.24) is 9.97 Å². The quantitative estimate of drug-likeness (QED) is 0.373. The van der Waals surface area contributed by atoms with Crippen LogP contribution in [0.5, 0.6) is 0 Å². The molecule has 1 aliphatic heterocycles. The van der Waals surface area contributed by atoms with Gasteiger partial charge in [0, 0.05) is 29.5 Å². The molecule has 2 N–H and O–H groups in total. The first-order chi connectivity index (χ1) is 15.8. The van der Waals surface area contributed by atoms with Gasteiger partial charge in [-0.1, -0.05) is 23.4 Å². The SMILES string of the molecule is O=C(CSc1ncc(S(=O)(=O)c2ccc(N3CCCC3)cc2)c(=O)[nH]1)Nc1ccc(Cl)cc1. The summed E-state index contributed by atoms with van der Waals surface area (Å²) in [6, 6.07) is 13.2. The van der Waals surface area contributed by atoms with Gasteiger partial charge in [0.05, 0.1) is 16.8 Å². The number of nitrogens with zero attached hydrogens (tertiary/aromatic N) is 2. The number of amides is 1. The van der Waals surface area contributed by atoms with Crippen LogP contribution in [0.15, 0.2) is 74.5 Å². The predicted octanol–water partition coefficient (Wildman–Crippen LogP) is 3.59. The van der Waals surface area contributed by atoms with Crippen molar-refractivity contribution in [2.75, 3.05) is 29.1 Å². The molecule has 0 radical (unpaired) electrons. The first-order valence-electron chi connectivity index (χ1n) is 10.2. The summed E-state index contributed by atoms with van der Waals surface area (Å²) in [5, 5.41) is 3.40. The number of sulfone groups is 1. The van der Waals surface area contributed by atoms with E-state index < -0.39 is 20.3 Å². The molecule has 1 saturated heterocycles. The standard InChI is InChI=1S/C22H21ClN4O4S2/c23-15-3-5-16(6-4-15)25-20(28)14-32-22-24-13-19(21(29)26-22)33(30,31)18-9-7-17(8-10-18)27-11-1-2-12-27/h3-10,13H,1-2,11-12,14H2,(H,25,28)(H,24,26,29). The van der Waals surface area contributed by atoms with E-state index in [1.807, 2.05) is 0 Å². The molecule has 0 saturated carbocycles. The minimum Gasteiger partial charge on any atom is -0.372 e. The molecule has 1 aromatic heterocycles. The molecule has 0 spiro atoms. The molecule has 0 unspecified atom stereocenters. The van der Waals surface area contributed by atoms with E-state index in [2.05, 4.69) is 20.2 Å². The summed E-state index contributed by atoms with van der Waals surface area (Å²) in [6.45, 7) is 1.90. The number of halogens is 1. The number of carbonyl (C=O) groups excluding carboxylic acids is 1. The number of hydrogen-bond donors (Lipinski definition) is 2. The van der Waals surface area contributed by atoms with Crippen LogP contribution in [-0.4, -0.2) is 43.1 Å². The Labute approximate surface area is 200 Å². The van der Waals surface area contributed by atoms with Gasteiger partial charge in [-0.2, -0.15) is 0 Å². The first-order valence-corrected chi connectivity index (χ1v) is 13.1. The summed E-state index contributed by atoms with van der Waals surface area (Å²) in [6.07, 6.45) is 3.27. The topological polar surface area (TPSA) is 112 Å². The van der Waals surface area contributed by atoms with Crippen molar-refractivity contribution in [2.24, 2.45) is 0 Å². The molecule has 8 nitrogen and oxygen atoms in total. The zero-order valence-electron chi connectivity index (χ0n) is 17.5. The van der Waals surface area contributed by atoms with Gasteiger partial charge in [-0.25, -0.2) is 13.4 Å². The maximum Gasteiger partial charge on any atom is 0.270 e. The van der Waals surface area contributed by atoms with Crippen LogP contribution in [-0.2, 0) is 14.6 Å². The highest BCUT2D eigenvalue weighted by atomic mass is 35.5. The van der Waals surface area contributed by atoms with Gasteiger partial charge in [0.1, 0.15) is 0 Å². The molecule has 1 fully saturated rings. The number of aromatic nitrogens is 2. The molecule has 2 heterocycles. The molecule has 3 aromatic rings. The van der Waals surface area contributed by atoms with Crippen LogP contribution >= 0.6 is 23.4 Å². The number of nitrogens with one attached hydrogen (secondary N) is 2. The monoisotopic (exact) mass is 504 g/mol. The number of H-pyrrole nitrogens is 1. The van der Waals surface area contributed by atoms with Crippen molar-refractivity contribution in [2.45, 2.75) is 27.8 Å². The number of carbonyl (C=O) groups is 1. The molecule has 0 atom stereocenters. The average molecular weight is 505 g/mol. The molecule has 33 heavy (non-hydrogen) atoms. The average Bonchev–Trinajstić information content (AvgIpc) is 3.34. The zero-order valence-corrected chi connectivity index (χ0v) is 19.8. The minimum atomic E-state index is -4.03. The molecule has 0 aliphatic carbocycles. The van der Waals surface area contributed by atoms with E-state index in [4.69, 9.17) is 11.6 Å². The molecule has 2 aromatic carbocycles. The fraction of sp³-hybridized carbons (Fsp3) is 0.227. The highest BCUT2D eigenvalue weighted by Gasteiger charge is 2.23. The zero-order chi connectivity index (χ0) is 23.4. The van der Waals surface area contributed by atoms with Gasteiger partial charge in [0.25, 0.3) is 5.56 Å². The second-order valence-corrected chi connectivity index (χ2v) is 10.7. The summed E-state index contributed by atoms with van der Waals surface area (Å²) in [4.78, 5) is 32.9. The van der Waals surface area contributed by atoms with Crippen LogP contribution in [0.25, 0.3) is 0 Å².